The fourth-order valence-electron chi connectivity index (χ4n) is 3.59. The predicted octanol–water partition coefficient (Wildman–Crippen LogP) is 1.77. The number of nitrogens with zero attached hydrogens (tertiary/aromatic N) is 3. The maximum absolute atomic E-state index is 11.9. The zero-order valence-corrected chi connectivity index (χ0v) is 20.2. The Kier molecular flexibility index (Phi) is 9.94. The lowest BCUT2D eigenvalue weighted by molar-refractivity contribution is -0.122. The third-order valence-electron chi connectivity index (χ3n) is 5.26. The topological polar surface area (TPSA) is 69.2 Å². The van der Waals surface area contributed by atoms with Gasteiger partial charge in [0.1, 0.15) is 0 Å². The van der Waals surface area contributed by atoms with E-state index in [2.05, 4.69) is 31.5 Å². The molecular formula is C20H31ClIN5O2. The summed E-state index contributed by atoms with van der Waals surface area (Å²) >= 11 is 6.11. The number of halogens is 2. The molecular weight excluding hydrogens is 505 g/mol. The molecule has 1 heterocycles. The summed E-state index contributed by atoms with van der Waals surface area (Å²) in [6.07, 6.45) is 1.10. The van der Waals surface area contributed by atoms with Crippen LogP contribution in [0.1, 0.15) is 17.9 Å². The van der Waals surface area contributed by atoms with Gasteiger partial charge < -0.3 is 20.3 Å². The molecule has 29 heavy (non-hydrogen) atoms. The standard InChI is InChI=1S/C20H30ClN5O2.HI/c1-22-20(24-18-13-17(18)15-4-3-5-16(21)12-15)26-9-7-25(8-10-26)14-19(27)23-6-11-28-2;/h3-5,12,17-18H,6-11,13-14H2,1-2H3,(H,22,24)(H,23,27);1H. The molecule has 162 valence electrons. The number of methoxy groups -OCH3 is 1. The molecule has 1 aromatic carbocycles. The van der Waals surface area contributed by atoms with Gasteiger partial charge in [0, 0.05) is 63.9 Å². The van der Waals surface area contributed by atoms with Crippen molar-refractivity contribution in [1.29, 1.82) is 0 Å². The molecule has 1 aliphatic heterocycles. The van der Waals surface area contributed by atoms with Crippen LogP contribution in [0.15, 0.2) is 29.3 Å². The molecule has 1 aromatic rings. The Morgan fingerprint density at radius 2 is 2.07 bits per heavy atom. The lowest BCUT2D eigenvalue weighted by atomic mass is 10.1. The van der Waals surface area contributed by atoms with E-state index in [9.17, 15) is 4.79 Å². The lowest BCUT2D eigenvalue weighted by Crippen LogP contribution is -2.54. The molecule has 0 spiro atoms. The molecule has 1 amide bonds. The van der Waals surface area contributed by atoms with Crippen LogP contribution < -0.4 is 10.6 Å². The number of carbonyl (C=O) groups is 1. The first-order chi connectivity index (χ1) is 13.6. The molecule has 3 rings (SSSR count). The van der Waals surface area contributed by atoms with Gasteiger partial charge in [-0.1, -0.05) is 23.7 Å². The third kappa shape index (κ3) is 7.27. The van der Waals surface area contributed by atoms with Crippen LogP contribution in [-0.4, -0.2) is 87.7 Å². The summed E-state index contributed by atoms with van der Waals surface area (Å²) in [5, 5.41) is 7.25. The number of amides is 1. The Bertz CT molecular complexity index is 697. The number of hydrogen-bond acceptors (Lipinski definition) is 4. The van der Waals surface area contributed by atoms with Crippen molar-refractivity contribution in [2.75, 3.05) is 60.0 Å². The maximum Gasteiger partial charge on any atom is 0.234 e. The number of aliphatic imine (C=N–C) groups is 1. The Morgan fingerprint density at radius 3 is 2.72 bits per heavy atom. The highest BCUT2D eigenvalue weighted by atomic mass is 127. The summed E-state index contributed by atoms with van der Waals surface area (Å²) in [4.78, 5) is 20.9. The largest absolute Gasteiger partial charge is 0.383 e. The minimum absolute atomic E-state index is 0. The number of piperazine rings is 1. The number of ether oxygens (including phenoxy) is 1. The normalized spacial score (nSPS) is 22.0. The Morgan fingerprint density at radius 1 is 1.31 bits per heavy atom. The average Bonchev–Trinajstić information content (AvgIpc) is 3.46. The highest BCUT2D eigenvalue weighted by molar-refractivity contribution is 14.0. The van der Waals surface area contributed by atoms with E-state index < -0.39 is 0 Å². The molecule has 2 atom stereocenters. The molecule has 1 saturated carbocycles. The summed E-state index contributed by atoms with van der Waals surface area (Å²) in [6, 6.07) is 8.50. The smallest absolute Gasteiger partial charge is 0.234 e. The monoisotopic (exact) mass is 535 g/mol. The number of benzene rings is 1. The predicted molar refractivity (Wildman–Crippen MR) is 127 cm³/mol. The zero-order chi connectivity index (χ0) is 19.9. The van der Waals surface area contributed by atoms with Gasteiger partial charge >= 0.3 is 0 Å². The zero-order valence-electron chi connectivity index (χ0n) is 17.1. The van der Waals surface area contributed by atoms with Crippen LogP contribution in [0.25, 0.3) is 0 Å². The van der Waals surface area contributed by atoms with Gasteiger partial charge in [-0.25, -0.2) is 0 Å². The van der Waals surface area contributed by atoms with Crippen molar-refractivity contribution in [2.45, 2.75) is 18.4 Å². The Hall–Kier alpha value is -1.10. The van der Waals surface area contributed by atoms with E-state index in [0.29, 0.717) is 31.7 Å². The van der Waals surface area contributed by atoms with Crippen LogP contribution >= 0.6 is 35.6 Å². The lowest BCUT2D eigenvalue weighted by Gasteiger charge is -2.36. The van der Waals surface area contributed by atoms with Gasteiger partial charge in [0.25, 0.3) is 0 Å². The van der Waals surface area contributed by atoms with Crippen molar-refractivity contribution < 1.29 is 9.53 Å². The van der Waals surface area contributed by atoms with Gasteiger partial charge in [0.05, 0.1) is 13.2 Å². The SMILES string of the molecule is CN=C(NC1CC1c1cccc(Cl)c1)N1CCN(CC(=O)NCCOC)CC1.I. The second-order valence-electron chi connectivity index (χ2n) is 7.30. The first-order valence-electron chi connectivity index (χ1n) is 9.82. The summed E-state index contributed by atoms with van der Waals surface area (Å²) in [5.41, 5.74) is 1.28. The second kappa shape index (κ2) is 11.9. The molecule has 2 N–H and O–H groups in total. The molecule has 0 bridgehead atoms. The fraction of sp³-hybridized carbons (Fsp3) is 0.600. The third-order valence-corrected chi connectivity index (χ3v) is 5.50. The highest BCUT2D eigenvalue weighted by Gasteiger charge is 2.39. The van der Waals surface area contributed by atoms with E-state index in [1.165, 1.54) is 5.56 Å². The van der Waals surface area contributed by atoms with Gasteiger partial charge in [-0.2, -0.15) is 0 Å². The summed E-state index contributed by atoms with van der Waals surface area (Å²) in [7, 11) is 3.46. The van der Waals surface area contributed by atoms with Crippen molar-refractivity contribution in [1.82, 2.24) is 20.4 Å². The molecule has 0 aromatic heterocycles. The van der Waals surface area contributed by atoms with E-state index in [4.69, 9.17) is 16.3 Å². The number of hydrogen-bond donors (Lipinski definition) is 2. The second-order valence-corrected chi connectivity index (χ2v) is 7.74. The average molecular weight is 536 g/mol. The van der Waals surface area contributed by atoms with E-state index in [1.54, 1.807) is 7.11 Å². The Balaban J connectivity index is 0.00000300. The van der Waals surface area contributed by atoms with Crippen LogP contribution in [0.3, 0.4) is 0 Å². The minimum Gasteiger partial charge on any atom is -0.383 e. The Labute approximate surface area is 195 Å². The molecule has 2 aliphatic rings. The number of rotatable bonds is 7. The van der Waals surface area contributed by atoms with Crippen molar-refractivity contribution in [2.24, 2.45) is 4.99 Å². The first kappa shape index (κ1) is 24.2. The first-order valence-corrected chi connectivity index (χ1v) is 10.2. The number of nitrogens with one attached hydrogen (secondary N) is 2. The quantitative estimate of drug-likeness (QED) is 0.241. The van der Waals surface area contributed by atoms with Crippen molar-refractivity contribution >= 4 is 47.4 Å². The van der Waals surface area contributed by atoms with Crippen LogP contribution in [0.5, 0.6) is 0 Å². The van der Waals surface area contributed by atoms with E-state index in [1.807, 2.05) is 25.2 Å². The van der Waals surface area contributed by atoms with Crippen molar-refractivity contribution in [3.63, 3.8) is 0 Å². The summed E-state index contributed by atoms with van der Waals surface area (Å²) < 4.78 is 4.95. The molecule has 2 unspecified atom stereocenters. The van der Waals surface area contributed by atoms with Gasteiger partial charge in [0.2, 0.25) is 5.91 Å². The van der Waals surface area contributed by atoms with E-state index in [-0.39, 0.29) is 29.9 Å². The van der Waals surface area contributed by atoms with Crippen LogP contribution in [0.2, 0.25) is 5.02 Å². The van der Waals surface area contributed by atoms with Gasteiger partial charge in [-0.05, 0) is 24.1 Å². The van der Waals surface area contributed by atoms with Gasteiger partial charge in [0.15, 0.2) is 5.96 Å². The van der Waals surface area contributed by atoms with Crippen LogP contribution in [0, 0.1) is 0 Å². The molecule has 1 saturated heterocycles. The highest BCUT2D eigenvalue weighted by Crippen LogP contribution is 2.41. The van der Waals surface area contributed by atoms with Crippen molar-refractivity contribution in [3.8, 4) is 0 Å². The number of carbonyl (C=O) groups excluding carboxylic acids is 1. The number of guanidine groups is 1. The van der Waals surface area contributed by atoms with Gasteiger partial charge in [-0.3, -0.25) is 14.7 Å². The summed E-state index contributed by atoms with van der Waals surface area (Å²) in [5.74, 6) is 1.49. The van der Waals surface area contributed by atoms with Crippen LogP contribution in [0.4, 0.5) is 0 Å². The van der Waals surface area contributed by atoms with E-state index in [0.717, 1.165) is 43.6 Å². The molecule has 0 radical (unpaired) electrons. The minimum atomic E-state index is 0. The molecule has 2 fully saturated rings. The van der Waals surface area contributed by atoms with Gasteiger partial charge in [-0.15, -0.1) is 24.0 Å². The molecule has 1 aliphatic carbocycles. The summed E-state index contributed by atoms with van der Waals surface area (Å²) in [6.45, 7) is 4.95. The van der Waals surface area contributed by atoms with Crippen molar-refractivity contribution in [3.05, 3.63) is 34.9 Å². The molecule has 9 heteroatoms. The van der Waals surface area contributed by atoms with E-state index >= 15 is 0 Å². The molecule has 7 nitrogen and oxygen atoms in total. The maximum atomic E-state index is 11.9. The van der Waals surface area contributed by atoms with Crippen LogP contribution in [-0.2, 0) is 9.53 Å². The fourth-order valence-corrected chi connectivity index (χ4v) is 3.79.